The number of imide groups is 2. The predicted molar refractivity (Wildman–Crippen MR) is 234 cm³/mol. The lowest BCUT2D eigenvalue weighted by atomic mass is 9.93. The zero-order chi connectivity index (χ0) is 46.3. The van der Waals surface area contributed by atoms with E-state index < -0.39 is 53.1 Å². The van der Waals surface area contributed by atoms with Gasteiger partial charge in [0.25, 0.3) is 17.7 Å². The molecular formula is C46H49F4N9O6. The minimum absolute atomic E-state index is 0.0106. The van der Waals surface area contributed by atoms with Crippen LogP contribution >= 0.6 is 0 Å². The average molecular weight is 900 g/mol. The SMILES string of the molecule is CNC(=O)c1ccccc1Nc1cc(Nc2ccc(N3CCC(CN4C(C)CN(c5cc6c(cc5F)C(=O)N(C5CCC(=O)NC5=O)C6=O)CC4C)CC3)cc2OC)ncc1C(F)(F)F. The van der Waals surface area contributed by atoms with Crippen molar-refractivity contribution in [1.82, 2.24) is 25.4 Å². The second-order valence-electron chi connectivity index (χ2n) is 16.9. The number of fused-ring (bicyclic) bond motifs is 1. The normalized spacial score (nSPS) is 20.7. The molecule has 3 aromatic carbocycles. The molecule has 342 valence electrons. The third-order valence-electron chi connectivity index (χ3n) is 12.7. The number of nitrogens with zero attached hydrogens (tertiary/aromatic N) is 5. The molecule has 3 unspecified atom stereocenters. The van der Waals surface area contributed by atoms with E-state index in [1.54, 1.807) is 18.2 Å². The molecule has 0 saturated carbocycles. The largest absolute Gasteiger partial charge is 0.494 e. The molecule has 4 aliphatic rings. The molecule has 65 heavy (non-hydrogen) atoms. The van der Waals surface area contributed by atoms with Crippen LogP contribution < -0.4 is 35.8 Å². The highest BCUT2D eigenvalue weighted by Crippen LogP contribution is 2.40. The molecule has 8 rings (SSSR count). The van der Waals surface area contributed by atoms with Gasteiger partial charge in [0, 0.05) is 82.3 Å². The second-order valence-corrected chi connectivity index (χ2v) is 16.9. The van der Waals surface area contributed by atoms with Crippen molar-refractivity contribution >= 4 is 63.8 Å². The molecule has 1 aromatic heterocycles. The molecule has 5 amide bonds. The minimum atomic E-state index is -4.72. The van der Waals surface area contributed by atoms with Crippen molar-refractivity contribution in [2.24, 2.45) is 5.92 Å². The van der Waals surface area contributed by atoms with Crippen molar-refractivity contribution in [2.45, 2.75) is 63.8 Å². The Hall–Kier alpha value is -6.76. The topological polar surface area (TPSA) is 169 Å². The van der Waals surface area contributed by atoms with Crippen LogP contribution in [0.4, 0.5) is 51.8 Å². The molecule has 4 aromatic rings. The Kier molecular flexibility index (Phi) is 12.4. The number of nitrogens with one attached hydrogen (secondary N) is 4. The highest BCUT2D eigenvalue weighted by molar-refractivity contribution is 6.23. The summed E-state index contributed by atoms with van der Waals surface area (Å²) in [5.41, 5.74) is 0.649. The van der Waals surface area contributed by atoms with Crippen molar-refractivity contribution in [1.29, 1.82) is 0 Å². The molecule has 15 nitrogen and oxygen atoms in total. The summed E-state index contributed by atoms with van der Waals surface area (Å²) in [5.74, 6) is -2.74. The van der Waals surface area contributed by atoms with Crippen molar-refractivity contribution < 1.29 is 46.3 Å². The Labute approximate surface area is 372 Å². The van der Waals surface area contributed by atoms with Crippen LogP contribution in [0.3, 0.4) is 0 Å². The Morgan fingerprint density at radius 2 is 1.55 bits per heavy atom. The quantitative estimate of drug-likeness (QED) is 0.0980. The highest BCUT2D eigenvalue weighted by Gasteiger charge is 2.46. The molecule has 3 atom stereocenters. The molecule has 0 bridgehead atoms. The third kappa shape index (κ3) is 9.01. The summed E-state index contributed by atoms with van der Waals surface area (Å²) in [6.45, 7) is 7.55. The number of methoxy groups -OCH3 is 1. The van der Waals surface area contributed by atoms with E-state index >= 15 is 4.39 Å². The zero-order valence-electron chi connectivity index (χ0n) is 36.2. The number of alkyl halides is 3. The van der Waals surface area contributed by atoms with E-state index in [2.05, 4.69) is 49.9 Å². The average Bonchev–Trinajstić information content (AvgIpc) is 3.51. The Balaban J connectivity index is 0.887. The summed E-state index contributed by atoms with van der Waals surface area (Å²) in [6, 6.07) is 14.5. The first-order chi connectivity index (χ1) is 31.0. The number of ether oxygens (including phenoxy) is 1. The molecular weight excluding hydrogens is 851 g/mol. The van der Waals surface area contributed by atoms with Gasteiger partial charge < -0.3 is 30.5 Å². The summed E-state index contributed by atoms with van der Waals surface area (Å²) in [6.07, 6.45) is -2.16. The summed E-state index contributed by atoms with van der Waals surface area (Å²) in [5, 5.41) is 10.5. The van der Waals surface area contributed by atoms with Gasteiger partial charge in [-0.1, -0.05) is 12.1 Å². The third-order valence-corrected chi connectivity index (χ3v) is 12.7. The van der Waals surface area contributed by atoms with Gasteiger partial charge in [-0.15, -0.1) is 0 Å². The molecule has 3 saturated heterocycles. The van der Waals surface area contributed by atoms with Gasteiger partial charge >= 0.3 is 6.18 Å². The standard InChI is InChI=1S/C46H49F4N9O6/c1-25-22-57(38-19-31-30(18-33(38)47)44(63)59(45(31)64)37-11-12-41(60)55-43(37)62)23-26(2)58(25)24-27-13-15-56(16-14-27)28-9-10-35(39(17-28)65-4)54-40-20-36(32(21-52-40)46(48,49)50)53-34-8-6-5-7-29(34)42(61)51-3/h5-10,17-21,25-27,37H,11-16,22-24H2,1-4H3,(H,51,61)(H2,52,53,54)(H,55,60,62). The highest BCUT2D eigenvalue weighted by atomic mass is 19.4. The lowest BCUT2D eigenvalue weighted by Gasteiger charge is -2.47. The smallest absolute Gasteiger partial charge is 0.419 e. The van der Waals surface area contributed by atoms with E-state index in [-0.39, 0.29) is 64.5 Å². The van der Waals surface area contributed by atoms with E-state index in [1.165, 1.54) is 38.4 Å². The number of pyridine rings is 1. The number of benzene rings is 3. The molecule has 0 spiro atoms. The number of aromatic nitrogens is 1. The fourth-order valence-corrected chi connectivity index (χ4v) is 9.35. The summed E-state index contributed by atoms with van der Waals surface area (Å²) >= 11 is 0. The number of hydrogen-bond donors (Lipinski definition) is 4. The van der Waals surface area contributed by atoms with Gasteiger partial charge in [-0.3, -0.25) is 39.1 Å². The number of carbonyl (C=O) groups excluding carboxylic acids is 5. The van der Waals surface area contributed by atoms with Gasteiger partial charge in [0.1, 0.15) is 23.4 Å². The van der Waals surface area contributed by atoms with Crippen LogP contribution in [0.15, 0.2) is 66.9 Å². The van der Waals surface area contributed by atoms with E-state index in [4.69, 9.17) is 4.74 Å². The lowest BCUT2D eigenvalue weighted by Crippen LogP contribution is -2.58. The maximum Gasteiger partial charge on any atom is 0.419 e. The fraction of sp³-hybridized carbons (Fsp3) is 0.391. The Bertz CT molecular complexity index is 2540. The van der Waals surface area contributed by atoms with E-state index in [0.29, 0.717) is 30.4 Å². The van der Waals surface area contributed by atoms with Gasteiger partial charge in [-0.05, 0) is 75.4 Å². The van der Waals surface area contributed by atoms with Gasteiger partial charge in [0.05, 0.1) is 52.1 Å². The van der Waals surface area contributed by atoms with E-state index in [0.717, 1.165) is 55.3 Å². The van der Waals surface area contributed by atoms with Crippen LogP contribution in [-0.4, -0.2) is 109 Å². The summed E-state index contributed by atoms with van der Waals surface area (Å²) < 4.78 is 63.8. The molecule has 5 heterocycles. The first kappa shape index (κ1) is 44.8. The van der Waals surface area contributed by atoms with Crippen molar-refractivity contribution in [2.75, 3.05) is 67.3 Å². The van der Waals surface area contributed by atoms with Crippen LogP contribution in [0.5, 0.6) is 5.75 Å². The minimum Gasteiger partial charge on any atom is -0.494 e. The first-order valence-corrected chi connectivity index (χ1v) is 21.5. The summed E-state index contributed by atoms with van der Waals surface area (Å²) in [4.78, 5) is 74.8. The van der Waals surface area contributed by atoms with Gasteiger partial charge in [-0.2, -0.15) is 13.2 Å². The number of piperazine rings is 1. The Morgan fingerprint density at radius 1 is 0.862 bits per heavy atom. The fourth-order valence-electron chi connectivity index (χ4n) is 9.35. The summed E-state index contributed by atoms with van der Waals surface area (Å²) in [7, 11) is 2.95. The number of piperidine rings is 2. The van der Waals surface area contributed by atoms with Crippen molar-refractivity contribution in [3.05, 3.63) is 94.9 Å². The van der Waals surface area contributed by atoms with Crippen LogP contribution in [-0.2, 0) is 15.8 Å². The number of rotatable bonds is 11. The van der Waals surface area contributed by atoms with Gasteiger partial charge in [0.15, 0.2) is 0 Å². The van der Waals surface area contributed by atoms with Crippen LogP contribution in [0.25, 0.3) is 0 Å². The maximum atomic E-state index is 15.7. The van der Waals surface area contributed by atoms with Crippen LogP contribution in [0.2, 0.25) is 0 Å². The second kappa shape index (κ2) is 18.0. The molecule has 19 heteroatoms. The number of hydrogen-bond acceptors (Lipinski definition) is 12. The van der Waals surface area contributed by atoms with Crippen molar-refractivity contribution in [3.8, 4) is 5.75 Å². The number of carbonyl (C=O) groups is 5. The lowest BCUT2D eigenvalue weighted by molar-refractivity contribution is -0.137. The predicted octanol–water partition coefficient (Wildman–Crippen LogP) is 6.31. The molecule has 4 N–H and O–H groups in total. The Morgan fingerprint density at radius 3 is 2.22 bits per heavy atom. The zero-order valence-corrected chi connectivity index (χ0v) is 36.2. The molecule has 4 aliphatic heterocycles. The van der Waals surface area contributed by atoms with Crippen LogP contribution in [0, 0.1) is 11.7 Å². The van der Waals surface area contributed by atoms with Gasteiger partial charge in [0.2, 0.25) is 11.8 Å². The number of halogens is 4. The van der Waals surface area contributed by atoms with E-state index in [9.17, 15) is 37.1 Å². The van der Waals surface area contributed by atoms with Crippen molar-refractivity contribution in [3.63, 3.8) is 0 Å². The number of para-hydroxylation sites is 1. The number of anilines is 6. The molecule has 0 radical (unpaired) electrons. The molecule has 0 aliphatic carbocycles. The maximum absolute atomic E-state index is 15.7. The number of amides is 5. The van der Waals surface area contributed by atoms with Crippen LogP contribution in [0.1, 0.15) is 76.2 Å². The van der Waals surface area contributed by atoms with E-state index in [1.807, 2.05) is 17.0 Å². The first-order valence-electron chi connectivity index (χ1n) is 21.5. The monoisotopic (exact) mass is 899 g/mol. The van der Waals surface area contributed by atoms with Gasteiger partial charge in [-0.25, -0.2) is 9.37 Å². The molecule has 3 fully saturated rings.